The molecule has 1 aromatic carbocycles. The number of carbonyl (C=O) groups is 1. The van der Waals surface area contributed by atoms with Crippen LogP contribution in [-0.2, 0) is 4.79 Å². The summed E-state index contributed by atoms with van der Waals surface area (Å²) in [6.07, 6.45) is 7.80. The van der Waals surface area contributed by atoms with E-state index in [1.54, 1.807) is 12.4 Å². The van der Waals surface area contributed by atoms with E-state index in [2.05, 4.69) is 27.1 Å². The summed E-state index contributed by atoms with van der Waals surface area (Å²) in [5.41, 5.74) is 2.10. The van der Waals surface area contributed by atoms with Crippen LogP contribution in [0.25, 0.3) is 17.3 Å². The molecule has 1 saturated heterocycles. The molecule has 0 aliphatic carbocycles. The minimum Gasteiger partial charge on any atom is -0.340 e. The molecule has 1 fully saturated rings. The molecule has 5 rings (SSSR count). The second kappa shape index (κ2) is 6.56. The number of rotatable bonds is 3. The van der Waals surface area contributed by atoms with Crippen LogP contribution in [0.2, 0.25) is 5.02 Å². The fourth-order valence-corrected chi connectivity index (χ4v) is 4.80. The molecule has 0 unspecified atom stereocenters. The predicted molar refractivity (Wildman–Crippen MR) is 113 cm³/mol. The van der Waals surface area contributed by atoms with Crippen LogP contribution < -0.4 is 10.2 Å². The molecular weight excluding hydrogens is 388 g/mol. The van der Waals surface area contributed by atoms with Gasteiger partial charge in [-0.3, -0.25) is 9.36 Å². The molecule has 2 aliphatic heterocycles. The van der Waals surface area contributed by atoms with Crippen molar-refractivity contribution in [3.63, 3.8) is 0 Å². The molecule has 148 valence electrons. The summed E-state index contributed by atoms with van der Waals surface area (Å²) < 4.78 is 1.85. The van der Waals surface area contributed by atoms with Crippen LogP contribution in [0.3, 0.4) is 0 Å². The van der Waals surface area contributed by atoms with Crippen molar-refractivity contribution in [2.75, 3.05) is 16.8 Å². The van der Waals surface area contributed by atoms with Gasteiger partial charge in [-0.15, -0.1) is 0 Å². The molecule has 7 nitrogen and oxygen atoms in total. The van der Waals surface area contributed by atoms with Crippen LogP contribution in [-0.4, -0.2) is 37.5 Å². The minimum atomic E-state index is -0.513. The van der Waals surface area contributed by atoms with Crippen molar-refractivity contribution in [2.24, 2.45) is 0 Å². The van der Waals surface area contributed by atoms with Gasteiger partial charge >= 0.3 is 0 Å². The standard InChI is InChI=1S/C21H21ClN6O/c1-3-21-5-4-7-28(21)18-16(25-19(21)29)12-24-20(26-18)27-8-6-23-17(27)14-9-13(2)10-15(22)11-14/h6,8-12H,3-5,7H2,1-2H3,(H,25,29)/t21-/m1/s1. The van der Waals surface area contributed by atoms with Gasteiger partial charge in [0, 0.05) is 29.5 Å². The molecule has 4 heterocycles. The first-order valence-electron chi connectivity index (χ1n) is 9.79. The maximum absolute atomic E-state index is 12.8. The van der Waals surface area contributed by atoms with Crippen LogP contribution in [0.15, 0.2) is 36.8 Å². The second-order valence-corrected chi connectivity index (χ2v) is 8.08. The van der Waals surface area contributed by atoms with Crippen molar-refractivity contribution in [1.29, 1.82) is 0 Å². The average Bonchev–Trinajstić information content (AvgIpc) is 3.35. The Kier molecular flexibility index (Phi) is 4.10. The normalized spacial score (nSPS) is 20.4. The third-order valence-corrected chi connectivity index (χ3v) is 6.13. The van der Waals surface area contributed by atoms with E-state index in [1.165, 1.54) is 0 Å². The van der Waals surface area contributed by atoms with E-state index in [1.807, 2.05) is 35.9 Å². The number of hydrogen-bond donors (Lipinski definition) is 1. The number of aromatic nitrogens is 4. The fraction of sp³-hybridized carbons (Fsp3) is 0.333. The van der Waals surface area contributed by atoms with E-state index in [-0.39, 0.29) is 5.91 Å². The zero-order chi connectivity index (χ0) is 20.2. The second-order valence-electron chi connectivity index (χ2n) is 7.64. The van der Waals surface area contributed by atoms with Crippen molar-refractivity contribution in [3.05, 3.63) is 47.4 Å². The van der Waals surface area contributed by atoms with Crippen molar-refractivity contribution in [1.82, 2.24) is 19.5 Å². The number of halogens is 1. The highest BCUT2D eigenvalue weighted by Gasteiger charge is 2.50. The topological polar surface area (TPSA) is 75.9 Å². The molecule has 29 heavy (non-hydrogen) atoms. The predicted octanol–water partition coefficient (Wildman–Crippen LogP) is 3.99. The summed E-state index contributed by atoms with van der Waals surface area (Å²) in [4.78, 5) is 28.8. The number of fused-ring (bicyclic) bond motifs is 3. The maximum Gasteiger partial charge on any atom is 0.250 e. The Morgan fingerprint density at radius 2 is 2.14 bits per heavy atom. The molecule has 0 saturated carbocycles. The van der Waals surface area contributed by atoms with Gasteiger partial charge in [0.15, 0.2) is 5.82 Å². The Balaban J connectivity index is 1.62. The Labute approximate surface area is 173 Å². The molecule has 1 atom stereocenters. The van der Waals surface area contributed by atoms with Gasteiger partial charge in [-0.1, -0.05) is 18.5 Å². The Morgan fingerprint density at radius 1 is 1.28 bits per heavy atom. The number of carbonyl (C=O) groups excluding carboxylic acids is 1. The monoisotopic (exact) mass is 408 g/mol. The average molecular weight is 409 g/mol. The van der Waals surface area contributed by atoms with Gasteiger partial charge in [0.1, 0.15) is 17.1 Å². The number of nitrogens with zero attached hydrogens (tertiary/aromatic N) is 5. The Morgan fingerprint density at radius 3 is 2.93 bits per heavy atom. The molecule has 8 heteroatoms. The SMILES string of the molecule is CC[C@]12CCCN1c1nc(-n3ccnc3-c3cc(C)cc(Cl)c3)ncc1NC2=O. The van der Waals surface area contributed by atoms with Crippen LogP contribution in [0.1, 0.15) is 31.7 Å². The fourth-order valence-electron chi connectivity index (χ4n) is 4.51. The molecule has 1 amide bonds. The molecule has 0 bridgehead atoms. The van der Waals surface area contributed by atoms with E-state index in [0.29, 0.717) is 16.7 Å². The van der Waals surface area contributed by atoms with Gasteiger partial charge < -0.3 is 10.2 Å². The molecule has 0 radical (unpaired) electrons. The largest absolute Gasteiger partial charge is 0.340 e. The van der Waals surface area contributed by atoms with E-state index in [0.717, 1.165) is 48.6 Å². The van der Waals surface area contributed by atoms with Gasteiger partial charge in [-0.25, -0.2) is 9.97 Å². The molecule has 2 aliphatic rings. The first kappa shape index (κ1) is 18.1. The van der Waals surface area contributed by atoms with Gasteiger partial charge in [-0.2, -0.15) is 4.98 Å². The summed E-state index contributed by atoms with van der Waals surface area (Å²) in [6.45, 7) is 4.87. The van der Waals surface area contributed by atoms with E-state index >= 15 is 0 Å². The highest BCUT2D eigenvalue weighted by atomic mass is 35.5. The summed E-state index contributed by atoms with van der Waals surface area (Å²) in [5.74, 6) is 2.05. The highest BCUT2D eigenvalue weighted by Crippen LogP contribution is 2.43. The smallest absolute Gasteiger partial charge is 0.250 e. The lowest BCUT2D eigenvalue weighted by atomic mass is 9.90. The van der Waals surface area contributed by atoms with Crippen LogP contribution in [0.5, 0.6) is 0 Å². The van der Waals surface area contributed by atoms with Gasteiger partial charge in [0.2, 0.25) is 11.9 Å². The summed E-state index contributed by atoms with van der Waals surface area (Å²) in [6, 6.07) is 5.83. The lowest BCUT2D eigenvalue weighted by molar-refractivity contribution is -0.121. The van der Waals surface area contributed by atoms with Crippen molar-refractivity contribution >= 4 is 29.0 Å². The molecular formula is C21H21ClN6O. The third kappa shape index (κ3) is 2.72. The molecule has 1 N–H and O–H groups in total. The third-order valence-electron chi connectivity index (χ3n) is 5.91. The van der Waals surface area contributed by atoms with Crippen molar-refractivity contribution in [2.45, 2.75) is 38.6 Å². The van der Waals surface area contributed by atoms with Crippen LogP contribution in [0.4, 0.5) is 11.5 Å². The van der Waals surface area contributed by atoms with Crippen LogP contribution >= 0.6 is 11.6 Å². The number of hydrogen-bond acceptors (Lipinski definition) is 5. The van der Waals surface area contributed by atoms with E-state index in [4.69, 9.17) is 16.6 Å². The summed E-state index contributed by atoms with van der Waals surface area (Å²) in [7, 11) is 0. The van der Waals surface area contributed by atoms with E-state index < -0.39 is 5.54 Å². The number of anilines is 2. The molecule has 0 spiro atoms. The number of benzene rings is 1. The Bertz CT molecular complexity index is 1110. The highest BCUT2D eigenvalue weighted by molar-refractivity contribution is 6.30. The van der Waals surface area contributed by atoms with Gasteiger partial charge in [-0.05, 0) is 49.9 Å². The molecule has 2 aromatic heterocycles. The van der Waals surface area contributed by atoms with Gasteiger partial charge in [0.25, 0.3) is 0 Å². The van der Waals surface area contributed by atoms with Crippen molar-refractivity contribution in [3.8, 4) is 17.3 Å². The zero-order valence-electron chi connectivity index (χ0n) is 16.3. The first-order valence-corrected chi connectivity index (χ1v) is 10.2. The van der Waals surface area contributed by atoms with Crippen LogP contribution in [0, 0.1) is 6.92 Å². The molecule has 3 aromatic rings. The number of nitrogens with one attached hydrogen (secondary N) is 1. The first-order chi connectivity index (χ1) is 14.0. The lowest BCUT2D eigenvalue weighted by Gasteiger charge is -2.41. The maximum atomic E-state index is 12.8. The number of amides is 1. The summed E-state index contributed by atoms with van der Waals surface area (Å²) in [5, 5.41) is 3.67. The van der Waals surface area contributed by atoms with Crippen molar-refractivity contribution < 1.29 is 4.79 Å². The zero-order valence-corrected chi connectivity index (χ0v) is 17.1. The minimum absolute atomic E-state index is 0.0408. The lowest BCUT2D eigenvalue weighted by Crippen LogP contribution is -2.56. The van der Waals surface area contributed by atoms with E-state index in [9.17, 15) is 4.79 Å². The quantitative estimate of drug-likeness (QED) is 0.709. The van der Waals surface area contributed by atoms with Gasteiger partial charge in [0.05, 0.1) is 6.20 Å². The number of aryl methyl sites for hydroxylation is 1. The Hall–Kier alpha value is -2.93. The summed E-state index contributed by atoms with van der Waals surface area (Å²) >= 11 is 6.25. The number of imidazole rings is 1.